The first-order valence-corrected chi connectivity index (χ1v) is 5.96. The molecule has 0 amide bonds. The van der Waals surface area contributed by atoms with Crippen LogP contribution in [0.3, 0.4) is 0 Å². The van der Waals surface area contributed by atoms with Crippen molar-refractivity contribution in [3.63, 3.8) is 0 Å². The van der Waals surface area contributed by atoms with Crippen molar-refractivity contribution < 1.29 is 9.47 Å². The predicted molar refractivity (Wildman–Crippen MR) is 73.6 cm³/mol. The number of hydrogen-bond donors (Lipinski definition) is 1. The van der Waals surface area contributed by atoms with Gasteiger partial charge in [0.15, 0.2) is 11.5 Å². The van der Waals surface area contributed by atoms with E-state index in [9.17, 15) is 0 Å². The minimum Gasteiger partial charge on any atom is -0.493 e. The van der Waals surface area contributed by atoms with E-state index in [1.165, 1.54) is 0 Å². The standard InChI is InChI=1S/C14H17N3O2/c1-10-6-13(18-2)14(19-3)7-12(10)17-9-11-8-15-4-5-16-11/h4-8,17H,9H2,1-3H3. The van der Waals surface area contributed by atoms with Gasteiger partial charge in [-0.1, -0.05) is 0 Å². The fourth-order valence-corrected chi connectivity index (χ4v) is 1.78. The van der Waals surface area contributed by atoms with Gasteiger partial charge < -0.3 is 14.8 Å². The van der Waals surface area contributed by atoms with Gasteiger partial charge in [-0.3, -0.25) is 9.97 Å². The Hall–Kier alpha value is -2.30. The molecule has 1 N–H and O–H groups in total. The molecule has 1 aromatic heterocycles. The second-order valence-corrected chi connectivity index (χ2v) is 4.07. The second-order valence-electron chi connectivity index (χ2n) is 4.07. The number of aryl methyl sites for hydroxylation is 1. The summed E-state index contributed by atoms with van der Waals surface area (Å²) in [5.74, 6) is 1.43. The number of anilines is 1. The zero-order chi connectivity index (χ0) is 13.7. The maximum absolute atomic E-state index is 5.29. The van der Waals surface area contributed by atoms with Crippen LogP contribution in [0.1, 0.15) is 11.3 Å². The summed E-state index contributed by atoms with van der Waals surface area (Å²) in [5.41, 5.74) is 2.96. The zero-order valence-corrected chi connectivity index (χ0v) is 11.3. The molecule has 0 unspecified atom stereocenters. The fraction of sp³-hybridized carbons (Fsp3) is 0.286. The van der Waals surface area contributed by atoms with Crippen molar-refractivity contribution in [1.82, 2.24) is 9.97 Å². The first-order chi connectivity index (χ1) is 9.24. The molecule has 0 saturated heterocycles. The van der Waals surface area contributed by atoms with Crippen molar-refractivity contribution in [3.05, 3.63) is 42.0 Å². The third-order valence-corrected chi connectivity index (χ3v) is 2.81. The highest BCUT2D eigenvalue weighted by atomic mass is 16.5. The van der Waals surface area contributed by atoms with E-state index in [2.05, 4.69) is 15.3 Å². The quantitative estimate of drug-likeness (QED) is 0.893. The molecule has 100 valence electrons. The average Bonchev–Trinajstić information content (AvgIpc) is 2.46. The van der Waals surface area contributed by atoms with Crippen LogP contribution in [0.5, 0.6) is 11.5 Å². The van der Waals surface area contributed by atoms with E-state index in [4.69, 9.17) is 9.47 Å². The normalized spacial score (nSPS) is 10.1. The molecule has 0 aliphatic carbocycles. The lowest BCUT2D eigenvalue weighted by Crippen LogP contribution is -2.04. The minimum absolute atomic E-state index is 0.615. The number of hydrogen-bond acceptors (Lipinski definition) is 5. The molecule has 19 heavy (non-hydrogen) atoms. The number of nitrogens with one attached hydrogen (secondary N) is 1. The van der Waals surface area contributed by atoms with Crippen molar-refractivity contribution in [2.75, 3.05) is 19.5 Å². The molecule has 5 nitrogen and oxygen atoms in total. The zero-order valence-electron chi connectivity index (χ0n) is 11.3. The average molecular weight is 259 g/mol. The van der Waals surface area contributed by atoms with Gasteiger partial charge in [-0.15, -0.1) is 0 Å². The summed E-state index contributed by atoms with van der Waals surface area (Å²) in [6.07, 6.45) is 5.08. The van der Waals surface area contributed by atoms with E-state index in [0.29, 0.717) is 12.3 Å². The van der Waals surface area contributed by atoms with Crippen LogP contribution in [-0.4, -0.2) is 24.2 Å². The Balaban J connectivity index is 2.16. The Kier molecular flexibility index (Phi) is 4.18. The summed E-state index contributed by atoms with van der Waals surface area (Å²) in [7, 11) is 3.25. The Morgan fingerprint density at radius 1 is 1.11 bits per heavy atom. The van der Waals surface area contributed by atoms with Gasteiger partial charge in [0.25, 0.3) is 0 Å². The van der Waals surface area contributed by atoms with Gasteiger partial charge in [0.1, 0.15) is 0 Å². The molecule has 2 aromatic rings. The Morgan fingerprint density at radius 3 is 2.47 bits per heavy atom. The number of rotatable bonds is 5. The molecule has 1 heterocycles. The molecule has 0 fully saturated rings. The highest BCUT2D eigenvalue weighted by Crippen LogP contribution is 2.32. The Bertz CT molecular complexity index is 544. The minimum atomic E-state index is 0.615. The number of aromatic nitrogens is 2. The molecule has 0 saturated carbocycles. The third kappa shape index (κ3) is 3.13. The number of ether oxygens (including phenoxy) is 2. The van der Waals surface area contributed by atoms with Crippen LogP contribution >= 0.6 is 0 Å². The topological polar surface area (TPSA) is 56.3 Å². The summed E-state index contributed by atoms with van der Waals surface area (Å²) in [6.45, 7) is 2.63. The van der Waals surface area contributed by atoms with E-state index in [1.807, 2.05) is 19.1 Å². The highest BCUT2D eigenvalue weighted by Gasteiger charge is 2.08. The van der Waals surface area contributed by atoms with Crippen molar-refractivity contribution in [2.24, 2.45) is 0 Å². The molecule has 0 spiro atoms. The maximum atomic E-state index is 5.29. The second kappa shape index (κ2) is 6.04. The van der Waals surface area contributed by atoms with Gasteiger partial charge in [0, 0.05) is 24.1 Å². The monoisotopic (exact) mass is 259 g/mol. The van der Waals surface area contributed by atoms with Crippen LogP contribution in [0, 0.1) is 6.92 Å². The molecule has 0 aliphatic rings. The third-order valence-electron chi connectivity index (χ3n) is 2.81. The fourth-order valence-electron chi connectivity index (χ4n) is 1.78. The maximum Gasteiger partial charge on any atom is 0.162 e. The Morgan fingerprint density at radius 2 is 1.84 bits per heavy atom. The van der Waals surface area contributed by atoms with E-state index in [-0.39, 0.29) is 0 Å². The first-order valence-electron chi connectivity index (χ1n) is 5.96. The predicted octanol–water partition coefficient (Wildman–Crippen LogP) is 2.41. The van der Waals surface area contributed by atoms with Crippen LogP contribution in [0.4, 0.5) is 5.69 Å². The SMILES string of the molecule is COc1cc(C)c(NCc2cnccn2)cc1OC. The lowest BCUT2D eigenvalue weighted by Gasteiger charge is -2.14. The Labute approximate surface area is 112 Å². The van der Waals surface area contributed by atoms with E-state index in [0.717, 1.165) is 22.7 Å². The molecule has 0 aliphatic heterocycles. The van der Waals surface area contributed by atoms with Gasteiger partial charge in [-0.25, -0.2) is 0 Å². The van der Waals surface area contributed by atoms with Crippen LogP contribution in [0.2, 0.25) is 0 Å². The summed E-state index contributed by atoms with van der Waals surface area (Å²) in [5, 5.41) is 3.32. The summed E-state index contributed by atoms with van der Waals surface area (Å²) in [4.78, 5) is 8.25. The van der Waals surface area contributed by atoms with Gasteiger partial charge in [-0.2, -0.15) is 0 Å². The van der Waals surface area contributed by atoms with Gasteiger partial charge in [-0.05, 0) is 18.6 Å². The molecule has 0 atom stereocenters. The lowest BCUT2D eigenvalue weighted by atomic mass is 10.1. The molecule has 1 aromatic carbocycles. The number of benzene rings is 1. The molecule has 5 heteroatoms. The summed E-state index contributed by atoms with van der Waals surface area (Å²) >= 11 is 0. The molecular weight excluding hydrogens is 242 g/mol. The van der Waals surface area contributed by atoms with Crippen molar-refractivity contribution >= 4 is 5.69 Å². The van der Waals surface area contributed by atoms with Gasteiger partial charge in [0.05, 0.1) is 32.7 Å². The van der Waals surface area contributed by atoms with Crippen LogP contribution in [0.25, 0.3) is 0 Å². The smallest absolute Gasteiger partial charge is 0.162 e. The van der Waals surface area contributed by atoms with E-state index < -0.39 is 0 Å². The van der Waals surface area contributed by atoms with Crippen molar-refractivity contribution in [2.45, 2.75) is 13.5 Å². The highest BCUT2D eigenvalue weighted by molar-refractivity contribution is 5.60. The summed E-state index contributed by atoms with van der Waals surface area (Å²) in [6, 6.07) is 3.86. The molecule has 2 rings (SSSR count). The van der Waals surface area contributed by atoms with Crippen LogP contribution in [-0.2, 0) is 6.54 Å². The lowest BCUT2D eigenvalue weighted by molar-refractivity contribution is 0.355. The van der Waals surface area contributed by atoms with Crippen LogP contribution < -0.4 is 14.8 Å². The molecule has 0 bridgehead atoms. The number of nitrogens with zero attached hydrogens (tertiary/aromatic N) is 2. The van der Waals surface area contributed by atoms with E-state index in [1.54, 1.807) is 32.8 Å². The van der Waals surface area contributed by atoms with Crippen molar-refractivity contribution in [3.8, 4) is 11.5 Å². The van der Waals surface area contributed by atoms with Crippen LogP contribution in [0.15, 0.2) is 30.7 Å². The van der Waals surface area contributed by atoms with Crippen molar-refractivity contribution in [1.29, 1.82) is 0 Å². The summed E-state index contributed by atoms with van der Waals surface area (Å²) < 4.78 is 10.6. The molecule has 0 radical (unpaired) electrons. The first kappa shape index (κ1) is 13.1. The van der Waals surface area contributed by atoms with Gasteiger partial charge >= 0.3 is 0 Å². The van der Waals surface area contributed by atoms with E-state index >= 15 is 0 Å². The largest absolute Gasteiger partial charge is 0.493 e. The molecular formula is C14H17N3O2. The number of methoxy groups -OCH3 is 2. The van der Waals surface area contributed by atoms with Gasteiger partial charge in [0.2, 0.25) is 0 Å².